The van der Waals surface area contributed by atoms with E-state index in [1.54, 1.807) is 11.3 Å². The van der Waals surface area contributed by atoms with Gasteiger partial charge in [-0.15, -0.1) is 22.7 Å². The summed E-state index contributed by atoms with van der Waals surface area (Å²) in [5.41, 5.74) is 3.94. The molecule has 0 fully saturated rings. The van der Waals surface area contributed by atoms with Gasteiger partial charge >= 0.3 is 0 Å². The zero-order chi connectivity index (χ0) is 19.9. The monoisotopic (exact) mass is 413 g/mol. The Kier molecular flexibility index (Phi) is 7.69. The van der Waals surface area contributed by atoms with Crippen LogP contribution in [0.3, 0.4) is 0 Å². The zero-order valence-electron chi connectivity index (χ0n) is 16.9. The fourth-order valence-electron chi connectivity index (χ4n) is 3.75. The second-order valence-electron chi connectivity index (χ2n) is 7.42. The molecule has 2 heterocycles. The van der Waals surface area contributed by atoms with Gasteiger partial charge in [-0.2, -0.15) is 0 Å². The molecule has 0 unspecified atom stereocenters. The molecule has 3 aromatic rings. The van der Waals surface area contributed by atoms with Gasteiger partial charge in [0.1, 0.15) is 0 Å². The minimum atomic E-state index is -1.07. The highest BCUT2D eigenvalue weighted by Gasteiger charge is 2.19. The molecule has 2 aromatic heterocycles. The van der Waals surface area contributed by atoms with Gasteiger partial charge in [-0.05, 0) is 42.9 Å². The number of aryl methyl sites for hydroxylation is 2. The molecule has 0 atom stereocenters. The summed E-state index contributed by atoms with van der Waals surface area (Å²) in [5.74, 6) is -1.07. The van der Waals surface area contributed by atoms with Crippen molar-refractivity contribution >= 4 is 38.0 Å². The van der Waals surface area contributed by atoms with E-state index in [0.29, 0.717) is 4.88 Å². The lowest BCUT2D eigenvalue weighted by Crippen LogP contribution is -2.20. The van der Waals surface area contributed by atoms with Crippen LogP contribution in [-0.2, 0) is 12.8 Å². The third-order valence-corrected chi connectivity index (χ3v) is 7.73. The quantitative estimate of drug-likeness (QED) is 0.323. The molecule has 3 rings (SSSR count). The van der Waals surface area contributed by atoms with E-state index >= 15 is 0 Å². The standard InChI is InChI=1S/C24H30O2S2/c1-3-5-7-8-9-12-17-13-10-11-14-18(17)22-19-16-21(23(25)26)28-24(19)27-20(22)15-6-4-2/h10-11,13-14,16H,3-9,12,15H2,1-2H3,(H,25,26)/p-1. The second-order valence-corrected chi connectivity index (χ2v) is 9.84. The van der Waals surface area contributed by atoms with Gasteiger partial charge in [-0.3, -0.25) is 0 Å². The van der Waals surface area contributed by atoms with Crippen LogP contribution in [0.2, 0.25) is 0 Å². The minimum absolute atomic E-state index is 0.335. The summed E-state index contributed by atoms with van der Waals surface area (Å²) in [7, 11) is 0. The van der Waals surface area contributed by atoms with Crippen LogP contribution in [0.4, 0.5) is 0 Å². The topological polar surface area (TPSA) is 40.1 Å². The summed E-state index contributed by atoms with van der Waals surface area (Å²) in [6.07, 6.45) is 10.8. The predicted octanol–water partition coefficient (Wildman–Crippen LogP) is 6.85. The molecule has 0 saturated carbocycles. The first-order chi connectivity index (χ1) is 13.7. The van der Waals surface area contributed by atoms with Crippen LogP contribution in [0.5, 0.6) is 0 Å². The van der Waals surface area contributed by atoms with Crippen LogP contribution < -0.4 is 5.11 Å². The van der Waals surface area contributed by atoms with Crippen molar-refractivity contribution in [3.63, 3.8) is 0 Å². The van der Waals surface area contributed by atoms with E-state index in [0.717, 1.165) is 35.1 Å². The first kappa shape index (κ1) is 21.1. The molecule has 2 nitrogen and oxygen atoms in total. The van der Waals surface area contributed by atoms with Crippen LogP contribution in [0.1, 0.15) is 78.9 Å². The Morgan fingerprint density at radius 2 is 1.68 bits per heavy atom. The molecule has 0 amide bonds. The third-order valence-electron chi connectivity index (χ3n) is 5.26. The molecule has 0 saturated heterocycles. The molecule has 4 heteroatoms. The van der Waals surface area contributed by atoms with Gasteiger partial charge in [0, 0.05) is 15.8 Å². The first-order valence-corrected chi connectivity index (χ1v) is 12.1. The highest BCUT2D eigenvalue weighted by Crippen LogP contribution is 2.44. The average molecular weight is 414 g/mol. The van der Waals surface area contributed by atoms with Crippen LogP contribution in [0.25, 0.3) is 20.5 Å². The number of hydrogen-bond acceptors (Lipinski definition) is 4. The molecule has 28 heavy (non-hydrogen) atoms. The predicted molar refractivity (Wildman–Crippen MR) is 121 cm³/mol. The van der Waals surface area contributed by atoms with Crippen molar-refractivity contribution in [2.45, 2.75) is 71.6 Å². The summed E-state index contributed by atoms with van der Waals surface area (Å²) in [4.78, 5) is 13.1. The van der Waals surface area contributed by atoms with Crippen LogP contribution in [0, 0.1) is 0 Å². The number of thiophene rings is 2. The Balaban J connectivity index is 1.97. The Morgan fingerprint density at radius 1 is 0.929 bits per heavy atom. The van der Waals surface area contributed by atoms with Crippen molar-refractivity contribution in [2.24, 2.45) is 0 Å². The molecule has 0 N–H and O–H groups in total. The molecule has 0 aliphatic carbocycles. The van der Waals surface area contributed by atoms with Gasteiger partial charge in [0.25, 0.3) is 0 Å². The maximum absolute atomic E-state index is 11.4. The number of fused-ring (bicyclic) bond motifs is 1. The molecule has 150 valence electrons. The number of carbonyl (C=O) groups is 1. The third kappa shape index (κ3) is 4.84. The fourth-order valence-corrected chi connectivity index (χ4v) is 6.28. The molecule has 0 bridgehead atoms. The van der Waals surface area contributed by atoms with E-state index in [1.165, 1.54) is 65.0 Å². The summed E-state index contributed by atoms with van der Waals surface area (Å²) in [6.45, 7) is 4.46. The van der Waals surface area contributed by atoms with E-state index in [9.17, 15) is 9.90 Å². The highest BCUT2D eigenvalue weighted by molar-refractivity contribution is 7.39. The maximum atomic E-state index is 11.4. The van der Waals surface area contributed by atoms with Gasteiger partial charge < -0.3 is 9.90 Å². The van der Waals surface area contributed by atoms with E-state index in [4.69, 9.17) is 0 Å². The number of benzene rings is 1. The SMILES string of the molecule is CCCCCCCc1ccccc1-c1c(CCCC)sc2sc(C(=O)[O-])cc12. The largest absolute Gasteiger partial charge is 0.544 e. The summed E-state index contributed by atoms with van der Waals surface area (Å²) in [6, 6.07) is 10.5. The van der Waals surface area contributed by atoms with E-state index in [2.05, 4.69) is 38.1 Å². The lowest BCUT2D eigenvalue weighted by Gasteiger charge is -2.11. The van der Waals surface area contributed by atoms with Gasteiger partial charge in [0.2, 0.25) is 0 Å². The van der Waals surface area contributed by atoms with Crippen LogP contribution in [-0.4, -0.2) is 5.97 Å². The van der Waals surface area contributed by atoms with Crippen molar-refractivity contribution in [3.8, 4) is 11.1 Å². The summed E-state index contributed by atoms with van der Waals surface area (Å²) < 4.78 is 1.11. The molecule has 0 radical (unpaired) electrons. The number of carboxylic acid groups (broad SMARTS) is 1. The lowest BCUT2D eigenvalue weighted by atomic mass is 9.93. The van der Waals surface area contributed by atoms with Crippen molar-refractivity contribution < 1.29 is 9.90 Å². The summed E-state index contributed by atoms with van der Waals surface area (Å²) >= 11 is 3.13. The summed E-state index contributed by atoms with van der Waals surface area (Å²) in [5, 5.41) is 12.5. The van der Waals surface area contributed by atoms with Gasteiger partial charge in [-0.25, -0.2) is 0 Å². The lowest BCUT2D eigenvalue weighted by molar-refractivity contribution is -0.254. The number of rotatable bonds is 11. The van der Waals surface area contributed by atoms with Gasteiger partial charge in [0.15, 0.2) is 0 Å². The number of aromatic carboxylic acids is 1. The highest BCUT2D eigenvalue weighted by atomic mass is 32.2. The Hall–Kier alpha value is -1.65. The molecule has 0 aliphatic heterocycles. The van der Waals surface area contributed by atoms with Crippen molar-refractivity contribution in [1.82, 2.24) is 0 Å². The fraction of sp³-hybridized carbons (Fsp3) is 0.458. The Labute approximate surface area is 176 Å². The van der Waals surface area contributed by atoms with E-state index in [1.807, 2.05) is 6.07 Å². The Bertz CT molecular complexity index is 920. The number of carbonyl (C=O) groups excluding carboxylic acids is 1. The molecular formula is C24H29O2S2-. The van der Waals surface area contributed by atoms with E-state index < -0.39 is 5.97 Å². The normalized spacial score (nSPS) is 11.4. The minimum Gasteiger partial charge on any atom is -0.544 e. The molecule has 0 aliphatic rings. The van der Waals surface area contributed by atoms with Crippen LogP contribution >= 0.6 is 22.7 Å². The number of hydrogen-bond donors (Lipinski definition) is 0. The molecular weight excluding hydrogens is 384 g/mol. The first-order valence-electron chi connectivity index (χ1n) is 10.5. The molecule has 0 spiro atoms. The number of unbranched alkanes of at least 4 members (excludes halogenated alkanes) is 5. The van der Waals surface area contributed by atoms with Crippen molar-refractivity contribution in [2.75, 3.05) is 0 Å². The Morgan fingerprint density at radius 3 is 2.43 bits per heavy atom. The maximum Gasteiger partial charge on any atom is 0.0881 e. The van der Waals surface area contributed by atoms with Crippen molar-refractivity contribution in [1.29, 1.82) is 0 Å². The molecule has 1 aromatic carbocycles. The smallest absolute Gasteiger partial charge is 0.0881 e. The zero-order valence-corrected chi connectivity index (χ0v) is 18.5. The van der Waals surface area contributed by atoms with E-state index in [-0.39, 0.29) is 0 Å². The van der Waals surface area contributed by atoms with Gasteiger partial charge in [-0.1, -0.05) is 70.2 Å². The van der Waals surface area contributed by atoms with Crippen LogP contribution in [0.15, 0.2) is 30.3 Å². The second kappa shape index (κ2) is 10.2. The van der Waals surface area contributed by atoms with Crippen molar-refractivity contribution in [3.05, 3.63) is 45.6 Å². The average Bonchev–Trinajstić information content (AvgIpc) is 3.24. The van der Waals surface area contributed by atoms with Gasteiger partial charge in [0.05, 0.1) is 14.9 Å². The number of carboxylic acids is 1.